The van der Waals surface area contributed by atoms with Crippen molar-refractivity contribution in [2.24, 2.45) is 5.92 Å². The summed E-state index contributed by atoms with van der Waals surface area (Å²) in [5.74, 6) is -0.356. The molecule has 1 atom stereocenters. The highest BCUT2D eigenvalue weighted by Crippen LogP contribution is 2.25. The zero-order valence-corrected chi connectivity index (χ0v) is 19.3. The molecule has 0 aliphatic heterocycles. The van der Waals surface area contributed by atoms with E-state index in [1.54, 1.807) is 25.1 Å². The number of amides is 1. The third kappa shape index (κ3) is 4.76. The summed E-state index contributed by atoms with van der Waals surface area (Å²) in [6.45, 7) is 7.36. The van der Waals surface area contributed by atoms with Crippen LogP contribution in [0.1, 0.15) is 26.3 Å². The van der Waals surface area contributed by atoms with Crippen LogP contribution in [0.25, 0.3) is 16.6 Å². The molecule has 0 saturated heterocycles. The van der Waals surface area contributed by atoms with Crippen LogP contribution in [0.3, 0.4) is 0 Å². The van der Waals surface area contributed by atoms with Gasteiger partial charge in [0.05, 0.1) is 28.4 Å². The van der Waals surface area contributed by atoms with Crippen LogP contribution in [0.2, 0.25) is 5.02 Å². The molecule has 2 aromatic carbocycles. The second-order valence-electron chi connectivity index (χ2n) is 7.79. The number of para-hydroxylation sites is 1. The highest BCUT2D eigenvalue weighted by Gasteiger charge is 2.30. The van der Waals surface area contributed by atoms with Crippen molar-refractivity contribution in [1.29, 1.82) is 5.26 Å². The predicted molar refractivity (Wildman–Crippen MR) is 125 cm³/mol. The molecule has 0 saturated carbocycles. The molecule has 6 nitrogen and oxygen atoms in total. The van der Waals surface area contributed by atoms with E-state index in [2.05, 4.69) is 16.4 Å². The lowest BCUT2D eigenvalue weighted by Crippen LogP contribution is -2.49. The van der Waals surface area contributed by atoms with Gasteiger partial charge >= 0.3 is 0 Å². The number of benzene rings is 2. The lowest BCUT2D eigenvalue weighted by atomic mass is 9.90. The van der Waals surface area contributed by atoms with Crippen LogP contribution in [0, 0.1) is 24.2 Å². The molecule has 0 aliphatic carbocycles. The Hall–Kier alpha value is -2.82. The molecule has 3 rings (SSSR count). The van der Waals surface area contributed by atoms with Gasteiger partial charge < -0.3 is 5.32 Å². The molecule has 1 aromatic heterocycles. The third-order valence-electron chi connectivity index (χ3n) is 5.28. The molecule has 0 radical (unpaired) electrons. The number of fused-ring (bicyclic) bond motifs is 1. The van der Waals surface area contributed by atoms with Crippen molar-refractivity contribution in [2.75, 3.05) is 5.75 Å². The van der Waals surface area contributed by atoms with Crippen molar-refractivity contribution in [1.82, 2.24) is 14.9 Å². The average molecular weight is 455 g/mol. The Morgan fingerprint density at radius 2 is 2.03 bits per heavy atom. The van der Waals surface area contributed by atoms with Crippen molar-refractivity contribution < 1.29 is 4.79 Å². The molecular formula is C23H23ClN4O2S. The number of nitrogens with zero attached hydrogens (tertiary/aromatic N) is 3. The molecule has 0 spiro atoms. The predicted octanol–water partition coefficient (Wildman–Crippen LogP) is 4.49. The molecule has 8 heteroatoms. The first-order valence-electron chi connectivity index (χ1n) is 9.79. The van der Waals surface area contributed by atoms with Crippen LogP contribution < -0.4 is 10.9 Å². The Morgan fingerprint density at radius 1 is 1.32 bits per heavy atom. The van der Waals surface area contributed by atoms with E-state index in [1.807, 2.05) is 45.0 Å². The molecule has 3 aromatic rings. The highest BCUT2D eigenvalue weighted by molar-refractivity contribution is 7.99. The molecular weight excluding hydrogens is 432 g/mol. The van der Waals surface area contributed by atoms with Gasteiger partial charge in [0.2, 0.25) is 5.91 Å². The Labute approximate surface area is 190 Å². The van der Waals surface area contributed by atoms with Crippen LogP contribution in [0.4, 0.5) is 0 Å². The lowest BCUT2D eigenvalue weighted by Gasteiger charge is -2.27. The van der Waals surface area contributed by atoms with Gasteiger partial charge in [-0.1, -0.05) is 55.4 Å². The smallest absolute Gasteiger partial charge is 0.266 e. The summed E-state index contributed by atoms with van der Waals surface area (Å²) in [6.07, 6.45) is 0. The van der Waals surface area contributed by atoms with E-state index in [-0.39, 0.29) is 23.1 Å². The topological polar surface area (TPSA) is 87.8 Å². The number of halogens is 1. The fraction of sp³-hybridized carbons (Fsp3) is 0.304. The molecule has 160 valence electrons. The molecule has 1 heterocycles. The fourth-order valence-corrected chi connectivity index (χ4v) is 3.99. The van der Waals surface area contributed by atoms with Crippen molar-refractivity contribution in [3.05, 3.63) is 63.4 Å². The monoisotopic (exact) mass is 454 g/mol. The number of aryl methyl sites for hydroxylation is 1. The Balaban J connectivity index is 2.04. The molecule has 0 fully saturated rings. The first kappa shape index (κ1) is 22.9. The van der Waals surface area contributed by atoms with Crippen molar-refractivity contribution in [3.63, 3.8) is 0 Å². The van der Waals surface area contributed by atoms with E-state index in [9.17, 15) is 14.9 Å². The van der Waals surface area contributed by atoms with Crippen LogP contribution >= 0.6 is 23.4 Å². The number of rotatable bonds is 6. The molecule has 0 bridgehead atoms. The van der Waals surface area contributed by atoms with Gasteiger partial charge in [0.1, 0.15) is 5.54 Å². The third-order valence-corrected chi connectivity index (χ3v) is 6.45. The maximum Gasteiger partial charge on any atom is 0.266 e. The van der Waals surface area contributed by atoms with Crippen LogP contribution in [-0.2, 0) is 4.79 Å². The number of hydrogen-bond acceptors (Lipinski definition) is 5. The fourth-order valence-electron chi connectivity index (χ4n) is 3.02. The van der Waals surface area contributed by atoms with Crippen molar-refractivity contribution >= 4 is 40.2 Å². The number of aromatic nitrogens is 2. The zero-order valence-electron chi connectivity index (χ0n) is 17.8. The second-order valence-corrected chi connectivity index (χ2v) is 9.17. The summed E-state index contributed by atoms with van der Waals surface area (Å²) in [7, 11) is 0. The van der Waals surface area contributed by atoms with Crippen LogP contribution in [0.15, 0.2) is 52.4 Å². The maximum atomic E-state index is 13.3. The number of nitriles is 1. The average Bonchev–Trinajstić information content (AvgIpc) is 2.72. The largest absolute Gasteiger partial charge is 0.337 e. The first-order chi connectivity index (χ1) is 14.7. The van der Waals surface area contributed by atoms with Gasteiger partial charge in [-0.05, 0) is 49.6 Å². The van der Waals surface area contributed by atoms with Crippen molar-refractivity contribution in [2.45, 2.75) is 38.4 Å². The van der Waals surface area contributed by atoms with E-state index in [0.29, 0.717) is 26.8 Å². The first-order valence-corrected chi connectivity index (χ1v) is 11.2. The normalized spacial score (nSPS) is 13.1. The highest BCUT2D eigenvalue weighted by atomic mass is 35.5. The minimum absolute atomic E-state index is 0.00832. The summed E-state index contributed by atoms with van der Waals surface area (Å²) in [6, 6.07) is 14.6. The maximum absolute atomic E-state index is 13.3. The number of hydrogen-bond donors (Lipinski definition) is 1. The van der Waals surface area contributed by atoms with Gasteiger partial charge in [-0.15, -0.1) is 0 Å². The molecule has 31 heavy (non-hydrogen) atoms. The van der Waals surface area contributed by atoms with E-state index in [4.69, 9.17) is 11.6 Å². The van der Waals surface area contributed by atoms with Gasteiger partial charge in [-0.25, -0.2) is 4.98 Å². The Kier molecular flexibility index (Phi) is 6.73. The zero-order chi connectivity index (χ0) is 22.8. The number of nitrogens with one attached hydrogen (secondary N) is 1. The summed E-state index contributed by atoms with van der Waals surface area (Å²) in [5.41, 5.74) is 0.862. The van der Waals surface area contributed by atoms with Gasteiger partial charge in [0.15, 0.2) is 5.16 Å². The van der Waals surface area contributed by atoms with E-state index >= 15 is 0 Å². The number of carbonyl (C=O) groups is 1. The van der Waals surface area contributed by atoms with E-state index in [0.717, 1.165) is 17.3 Å². The SMILES string of the molecule is Cc1ccccc1-n1c(SCC(=O)NC(C)(C#N)C(C)C)nc2cc(Cl)ccc2c1=O. The van der Waals surface area contributed by atoms with Crippen molar-refractivity contribution in [3.8, 4) is 11.8 Å². The second kappa shape index (κ2) is 9.13. The summed E-state index contributed by atoms with van der Waals surface area (Å²) in [4.78, 5) is 30.6. The Bertz CT molecular complexity index is 1250. The number of carbonyl (C=O) groups excluding carboxylic acids is 1. The quantitative estimate of drug-likeness (QED) is 0.437. The van der Waals surface area contributed by atoms with Gasteiger partial charge in [0.25, 0.3) is 5.56 Å². The lowest BCUT2D eigenvalue weighted by molar-refractivity contribution is -0.120. The van der Waals surface area contributed by atoms with E-state index in [1.165, 1.54) is 4.57 Å². The van der Waals surface area contributed by atoms with Crippen LogP contribution in [0.5, 0.6) is 0 Å². The Morgan fingerprint density at radius 3 is 2.68 bits per heavy atom. The van der Waals surface area contributed by atoms with Gasteiger partial charge in [-0.2, -0.15) is 5.26 Å². The summed E-state index contributed by atoms with van der Waals surface area (Å²) in [5, 5.41) is 13.5. The van der Waals surface area contributed by atoms with E-state index < -0.39 is 5.54 Å². The molecule has 1 N–H and O–H groups in total. The minimum Gasteiger partial charge on any atom is -0.337 e. The molecule has 1 amide bonds. The van der Waals surface area contributed by atoms with Gasteiger partial charge in [-0.3, -0.25) is 14.2 Å². The molecule has 0 aliphatic rings. The molecule has 1 unspecified atom stereocenters. The standard InChI is InChI=1S/C23H23ClN4O2S/c1-14(2)23(4,13-25)27-20(29)12-31-22-26-18-11-16(24)9-10-17(18)21(30)28(22)19-8-6-5-7-15(19)3/h5-11,14H,12H2,1-4H3,(H,27,29). The van der Waals surface area contributed by atoms with Gasteiger partial charge in [0, 0.05) is 5.02 Å². The van der Waals surface area contributed by atoms with Crippen LogP contribution in [-0.4, -0.2) is 26.8 Å². The summed E-state index contributed by atoms with van der Waals surface area (Å²) >= 11 is 7.24. The number of thioether (sulfide) groups is 1. The minimum atomic E-state index is -0.975. The summed E-state index contributed by atoms with van der Waals surface area (Å²) < 4.78 is 1.52.